The monoisotopic (exact) mass is 188 g/mol. The van der Waals surface area contributed by atoms with E-state index in [-0.39, 0.29) is 11.8 Å². The van der Waals surface area contributed by atoms with Crippen LogP contribution in [-0.4, -0.2) is 37.3 Å². The molecule has 0 aromatic rings. The maximum atomic E-state index is 11.1. The average Bonchev–Trinajstić information content (AvgIpc) is 2.10. The lowest BCUT2D eigenvalue weighted by molar-refractivity contribution is -0.121. The molecule has 0 rings (SSSR count). The van der Waals surface area contributed by atoms with Gasteiger partial charge in [-0.15, -0.1) is 0 Å². The third-order valence-corrected chi connectivity index (χ3v) is 1.88. The van der Waals surface area contributed by atoms with Crippen molar-refractivity contribution >= 4 is 5.91 Å². The zero-order chi connectivity index (χ0) is 10.3. The van der Waals surface area contributed by atoms with E-state index in [2.05, 4.69) is 10.6 Å². The molecule has 13 heavy (non-hydrogen) atoms. The third kappa shape index (κ3) is 6.54. The molecule has 4 heteroatoms. The summed E-state index contributed by atoms with van der Waals surface area (Å²) in [5.74, 6) is 0.165. The zero-order valence-electron chi connectivity index (χ0n) is 8.63. The van der Waals surface area contributed by atoms with Crippen LogP contribution in [0.3, 0.4) is 0 Å². The van der Waals surface area contributed by atoms with E-state index in [1.165, 1.54) is 0 Å². The molecular weight excluding hydrogens is 168 g/mol. The van der Waals surface area contributed by atoms with Crippen LogP contribution < -0.4 is 10.6 Å². The lowest BCUT2D eigenvalue weighted by atomic mass is 10.1. The smallest absolute Gasteiger partial charge is 0.221 e. The van der Waals surface area contributed by atoms with Crippen LogP contribution in [0.15, 0.2) is 0 Å². The van der Waals surface area contributed by atoms with Crippen molar-refractivity contribution in [2.75, 3.05) is 20.1 Å². The highest BCUT2D eigenvalue weighted by molar-refractivity contribution is 5.76. The van der Waals surface area contributed by atoms with Gasteiger partial charge in [0.25, 0.3) is 0 Å². The molecule has 0 heterocycles. The summed E-state index contributed by atoms with van der Waals surface area (Å²) in [5, 5.41) is 14.9. The van der Waals surface area contributed by atoms with Crippen molar-refractivity contribution in [3.8, 4) is 0 Å². The molecule has 1 unspecified atom stereocenters. The molecule has 0 saturated heterocycles. The molecule has 0 radical (unpaired) electrons. The normalized spacial score (nSPS) is 13.0. The number of aliphatic hydroxyl groups is 1. The molecule has 0 spiro atoms. The minimum absolute atomic E-state index is 0.0194. The summed E-state index contributed by atoms with van der Waals surface area (Å²) in [4.78, 5) is 11.1. The highest BCUT2D eigenvalue weighted by atomic mass is 16.3. The number of hydrogen-bond acceptors (Lipinski definition) is 3. The molecule has 4 nitrogen and oxygen atoms in total. The Bertz CT molecular complexity index is 149. The van der Waals surface area contributed by atoms with Gasteiger partial charge in [-0.3, -0.25) is 4.79 Å². The number of carbonyl (C=O) groups is 1. The number of carbonyl (C=O) groups excluding carboxylic acids is 1. The van der Waals surface area contributed by atoms with Crippen LogP contribution >= 0.6 is 0 Å². The Kier molecular flexibility index (Phi) is 6.54. The van der Waals surface area contributed by atoms with E-state index in [0.29, 0.717) is 19.5 Å². The maximum Gasteiger partial charge on any atom is 0.221 e. The molecule has 1 amide bonds. The quantitative estimate of drug-likeness (QED) is 0.537. The first-order chi connectivity index (χ1) is 6.07. The van der Waals surface area contributed by atoms with Crippen molar-refractivity contribution < 1.29 is 9.90 Å². The number of aliphatic hydroxyl groups excluding tert-OH is 1. The van der Waals surface area contributed by atoms with Crippen molar-refractivity contribution in [3.05, 3.63) is 0 Å². The molecule has 0 bridgehead atoms. The van der Waals surface area contributed by atoms with Crippen molar-refractivity contribution in [2.45, 2.75) is 26.4 Å². The Morgan fingerprint density at radius 3 is 2.54 bits per heavy atom. The van der Waals surface area contributed by atoms with Gasteiger partial charge in [0.2, 0.25) is 5.91 Å². The number of amides is 1. The lowest BCUT2D eigenvalue weighted by Crippen LogP contribution is -2.35. The van der Waals surface area contributed by atoms with Gasteiger partial charge in [-0.05, 0) is 13.0 Å². The molecule has 0 aromatic heterocycles. The second-order valence-electron chi connectivity index (χ2n) is 3.47. The first kappa shape index (κ1) is 12.4. The molecule has 1 atom stereocenters. The summed E-state index contributed by atoms with van der Waals surface area (Å²) in [6.45, 7) is 4.86. The van der Waals surface area contributed by atoms with Crippen molar-refractivity contribution in [2.24, 2.45) is 5.92 Å². The number of nitrogens with one attached hydrogen (secondary N) is 2. The van der Waals surface area contributed by atoms with Crippen LogP contribution in [0.5, 0.6) is 0 Å². The molecule has 0 aromatic carbocycles. The summed E-state index contributed by atoms with van der Waals surface area (Å²) >= 11 is 0. The molecular formula is C9H20N2O2. The fraction of sp³-hybridized carbons (Fsp3) is 0.889. The minimum Gasteiger partial charge on any atom is -0.391 e. The van der Waals surface area contributed by atoms with Gasteiger partial charge >= 0.3 is 0 Å². The van der Waals surface area contributed by atoms with Gasteiger partial charge in [0.05, 0.1) is 6.10 Å². The minimum atomic E-state index is -0.446. The van der Waals surface area contributed by atoms with E-state index in [9.17, 15) is 9.90 Å². The van der Waals surface area contributed by atoms with Crippen LogP contribution in [0.25, 0.3) is 0 Å². The molecule has 3 N–H and O–H groups in total. The van der Waals surface area contributed by atoms with Crippen molar-refractivity contribution in [1.82, 2.24) is 10.6 Å². The topological polar surface area (TPSA) is 61.4 Å². The molecule has 0 saturated carbocycles. The van der Waals surface area contributed by atoms with Crippen LogP contribution in [0, 0.1) is 5.92 Å². The van der Waals surface area contributed by atoms with E-state index >= 15 is 0 Å². The summed E-state index contributed by atoms with van der Waals surface area (Å²) in [6.07, 6.45) is 0.0138. The molecule has 0 aliphatic carbocycles. The van der Waals surface area contributed by atoms with E-state index in [1.807, 2.05) is 13.8 Å². The summed E-state index contributed by atoms with van der Waals surface area (Å²) in [5.41, 5.74) is 0. The molecule has 0 fully saturated rings. The maximum absolute atomic E-state index is 11.1. The molecule has 0 aliphatic heterocycles. The Balaban J connectivity index is 3.46. The standard InChI is InChI=1S/C9H20N2O2/c1-7(2)8(12)6-11-9(13)4-5-10-3/h7-8,10,12H,4-6H2,1-3H3,(H,11,13). The highest BCUT2D eigenvalue weighted by Crippen LogP contribution is 1.98. The van der Waals surface area contributed by atoms with Gasteiger partial charge in [-0.2, -0.15) is 0 Å². The second-order valence-corrected chi connectivity index (χ2v) is 3.47. The van der Waals surface area contributed by atoms with Crippen LogP contribution in [0.4, 0.5) is 0 Å². The van der Waals surface area contributed by atoms with Gasteiger partial charge < -0.3 is 15.7 Å². The van der Waals surface area contributed by atoms with Crippen molar-refractivity contribution in [3.63, 3.8) is 0 Å². The predicted octanol–water partition coefficient (Wildman–Crippen LogP) is -0.271. The SMILES string of the molecule is CNCCC(=O)NCC(O)C(C)C. The first-order valence-corrected chi connectivity index (χ1v) is 4.67. The summed E-state index contributed by atoms with van der Waals surface area (Å²) in [6, 6.07) is 0. The Morgan fingerprint density at radius 2 is 2.08 bits per heavy atom. The van der Waals surface area contributed by atoms with Gasteiger partial charge in [0.1, 0.15) is 0 Å². The number of rotatable bonds is 6. The van der Waals surface area contributed by atoms with E-state index in [0.717, 1.165) is 0 Å². The fourth-order valence-corrected chi connectivity index (χ4v) is 0.781. The van der Waals surface area contributed by atoms with Crippen LogP contribution in [-0.2, 0) is 4.79 Å². The van der Waals surface area contributed by atoms with Gasteiger partial charge in [-0.1, -0.05) is 13.8 Å². The predicted molar refractivity (Wildman–Crippen MR) is 52.4 cm³/mol. The summed E-state index contributed by atoms with van der Waals surface area (Å²) in [7, 11) is 1.80. The van der Waals surface area contributed by atoms with E-state index in [4.69, 9.17) is 0 Å². The lowest BCUT2D eigenvalue weighted by Gasteiger charge is -2.14. The molecule has 0 aliphatic rings. The van der Waals surface area contributed by atoms with Gasteiger partial charge in [0.15, 0.2) is 0 Å². The Labute approximate surface area is 79.7 Å². The third-order valence-electron chi connectivity index (χ3n) is 1.88. The van der Waals surface area contributed by atoms with E-state index < -0.39 is 6.10 Å². The Hall–Kier alpha value is -0.610. The fourth-order valence-electron chi connectivity index (χ4n) is 0.781. The summed E-state index contributed by atoms with van der Waals surface area (Å²) < 4.78 is 0. The second kappa shape index (κ2) is 6.86. The highest BCUT2D eigenvalue weighted by Gasteiger charge is 2.09. The molecule has 78 valence electrons. The zero-order valence-corrected chi connectivity index (χ0v) is 8.63. The van der Waals surface area contributed by atoms with Crippen LogP contribution in [0.1, 0.15) is 20.3 Å². The largest absolute Gasteiger partial charge is 0.391 e. The van der Waals surface area contributed by atoms with Crippen LogP contribution in [0.2, 0.25) is 0 Å². The van der Waals surface area contributed by atoms with Gasteiger partial charge in [0, 0.05) is 19.5 Å². The van der Waals surface area contributed by atoms with E-state index in [1.54, 1.807) is 7.05 Å². The number of hydrogen-bond donors (Lipinski definition) is 3. The van der Waals surface area contributed by atoms with Gasteiger partial charge in [-0.25, -0.2) is 0 Å². The van der Waals surface area contributed by atoms with Crippen molar-refractivity contribution in [1.29, 1.82) is 0 Å². The Morgan fingerprint density at radius 1 is 1.46 bits per heavy atom. The first-order valence-electron chi connectivity index (χ1n) is 4.67. The average molecular weight is 188 g/mol.